The summed E-state index contributed by atoms with van der Waals surface area (Å²) in [4.78, 5) is 27.7. The lowest BCUT2D eigenvalue weighted by Crippen LogP contribution is -2.25. The molecule has 0 bridgehead atoms. The largest absolute Gasteiger partial charge is 0.352 e. The number of nitro groups is 1. The minimum absolute atomic E-state index is 0.0427. The predicted molar refractivity (Wildman–Crippen MR) is 98.3 cm³/mol. The third-order valence-electron chi connectivity index (χ3n) is 3.56. The van der Waals surface area contributed by atoms with E-state index in [-0.39, 0.29) is 17.2 Å². The fourth-order valence-electron chi connectivity index (χ4n) is 2.15. The number of amides is 1. The first-order chi connectivity index (χ1) is 12.4. The molecule has 26 heavy (non-hydrogen) atoms. The van der Waals surface area contributed by atoms with E-state index in [1.807, 2.05) is 0 Å². The maximum Gasteiger partial charge on any atom is 0.283 e. The van der Waals surface area contributed by atoms with E-state index in [9.17, 15) is 14.9 Å². The molecule has 0 aliphatic carbocycles. The van der Waals surface area contributed by atoms with E-state index in [2.05, 4.69) is 29.3 Å². The Labute approximate surface area is 155 Å². The number of nitrogens with one attached hydrogen (secondary N) is 1. The molecule has 0 aliphatic heterocycles. The molecule has 0 radical (unpaired) electrons. The number of nitro benzene ring substituents is 1. The second-order valence-corrected chi connectivity index (χ2v) is 7.35. The fourth-order valence-corrected chi connectivity index (χ4v) is 3.41. The summed E-state index contributed by atoms with van der Waals surface area (Å²) in [5.41, 5.74) is 0.213. The molecule has 0 saturated carbocycles. The lowest BCUT2D eigenvalue weighted by atomic mass is 10.2. The molecule has 8 nitrogen and oxygen atoms in total. The van der Waals surface area contributed by atoms with Crippen molar-refractivity contribution >= 4 is 23.4 Å². The topological polar surface area (TPSA) is 111 Å². The van der Waals surface area contributed by atoms with E-state index in [0.717, 1.165) is 12.2 Å². The second kappa shape index (κ2) is 9.33. The molecule has 140 valence electrons. The highest BCUT2D eigenvalue weighted by molar-refractivity contribution is 7.99. The van der Waals surface area contributed by atoms with Gasteiger partial charge in [-0.1, -0.05) is 19.0 Å². The number of aromatic nitrogens is 2. The van der Waals surface area contributed by atoms with Gasteiger partial charge in [0.2, 0.25) is 5.89 Å². The molecule has 1 N–H and O–H groups in total. The Kier molecular flexibility index (Phi) is 7.14. The van der Waals surface area contributed by atoms with Crippen LogP contribution in [0.4, 0.5) is 5.69 Å². The molecule has 0 fully saturated rings. The molecule has 1 aromatic heterocycles. The smallest absolute Gasteiger partial charge is 0.283 e. The van der Waals surface area contributed by atoms with Gasteiger partial charge in [0.25, 0.3) is 11.6 Å². The van der Waals surface area contributed by atoms with Gasteiger partial charge in [0.15, 0.2) is 5.82 Å². The summed E-state index contributed by atoms with van der Waals surface area (Å²) in [6, 6.07) is 4.57. The standard InChI is InChI=1S/C17H22N4O4S/c1-11(2)7-9-26-15-5-4-13(10-14(15)21(23)24)17(22)18-8-6-16-19-12(3)20-25-16/h4-5,10-11H,6-9H2,1-3H3,(H,18,22). The Hall–Kier alpha value is -2.42. The van der Waals surface area contributed by atoms with Gasteiger partial charge in [0.1, 0.15) is 0 Å². The Bertz CT molecular complexity index is 776. The Morgan fingerprint density at radius 2 is 2.19 bits per heavy atom. The SMILES string of the molecule is Cc1noc(CCNC(=O)c2ccc(SCCC(C)C)c([N+](=O)[O-])c2)n1. The van der Waals surface area contributed by atoms with Gasteiger partial charge in [-0.15, -0.1) is 11.8 Å². The van der Waals surface area contributed by atoms with Crippen LogP contribution in [0.2, 0.25) is 0 Å². The highest BCUT2D eigenvalue weighted by Gasteiger charge is 2.18. The average molecular weight is 378 g/mol. The molecule has 0 saturated heterocycles. The third-order valence-corrected chi connectivity index (χ3v) is 4.66. The summed E-state index contributed by atoms with van der Waals surface area (Å²) in [6.45, 7) is 6.24. The molecular weight excluding hydrogens is 356 g/mol. The number of carbonyl (C=O) groups excluding carboxylic acids is 1. The summed E-state index contributed by atoms with van der Waals surface area (Å²) in [6.07, 6.45) is 1.37. The van der Waals surface area contributed by atoms with Gasteiger partial charge in [-0.2, -0.15) is 4.98 Å². The van der Waals surface area contributed by atoms with Gasteiger partial charge >= 0.3 is 0 Å². The summed E-state index contributed by atoms with van der Waals surface area (Å²) >= 11 is 1.44. The van der Waals surface area contributed by atoms with Crippen LogP contribution in [0, 0.1) is 23.0 Å². The number of hydrogen-bond acceptors (Lipinski definition) is 7. The van der Waals surface area contributed by atoms with Crippen molar-refractivity contribution in [3.05, 3.63) is 45.6 Å². The van der Waals surface area contributed by atoms with Crippen molar-refractivity contribution in [1.29, 1.82) is 0 Å². The molecule has 0 unspecified atom stereocenters. The molecule has 1 aromatic carbocycles. The van der Waals surface area contributed by atoms with Crippen LogP contribution in [0.3, 0.4) is 0 Å². The van der Waals surface area contributed by atoms with E-state index in [1.165, 1.54) is 17.8 Å². The zero-order valence-electron chi connectivity index (χ0n) is 15.0. The number of hydrogen-bond donors (Lipinski definition) is 1. The summed E-state index contributed by atoms with van der Waals surface area (Å²) in [5, 5.41) is 17.7. The van der Waals surface area contributed by atoms with Crippen molar-refractivity contribution in [3.8, 4) is 0 Å². The molecule has 0 spiro atoms. The highest BCUT2D eigenvalue weighted by atomic mass is 32.2. The first-order valence-corrected chi connectivity index (χ1v) is 9.34. The second-order valence-electron chi connectivity index (χ2n) is 6.21. The van der Waals surface area contributed by atoms with Crippen molar-refractivity contribution in [2.45, 2.75) is 38.5 Å². The lowest BCUT2D eigenvalue weighted by molar-refractivity contribution is -0.387. The van der Waals surface area contributed by atoms with Crippen molar-refractivity contribution in [2.75, 3.05) is 12.3 Å². The summed E-state index contributed by atoms with van der Waals surface area (Å²) in [5.74, 6) is 1.93. The Morgan fingerprint density at radius 3 is 2.81 bits per heavy atom. The third kappa shape index (κ3) is 5.83. The van der Waals surface area contributed by atoms with E-state index in [1.54, 1.807) is 19.1 Å². The van der Waals surface area contributed by atoms with Crippen LogP contribution >= 0.6 is 11.8 Å². The molecule has 1 amide bonds. The monoisotopic (exact) mass is 378 g/mol. The number of benzene rings is 1. The molecule has 9 heteroatoms. The number of aryl methyl sites for hydroxylation is 1. The van der Waals surface area contributed by atoms with Crippen molar-refractivity contribution < 1.29 is 14.2 Å². The molecular formula is C17H22N4O4S. The van der Waals surface area contributed by atoms with Crippen LogP contribution < -0.4 is 5.32 Å². The van der Waals surface area contributed by atoms with E-state index in [4.69, 9.17) is 4.52 Å². The van der Waals surface area contributed by atoms with Gasteiger partial charge in [-0.25, -0.2) is 0 Å². The number of thioether (sulfide) groups is 1. The van der Waals surface area contributed by atoms with Gasteiger partial charge in [-0.05, 0) is 37.1 Å². The number of rotatable bonds is 9. The molecule has 2 rings (SSSR count). The molecule has 0 aliphatic rings. The van der Waals surface area contributed by atoms with Crippen LogP contribution in [-0.4, -0.2) is 33.3 Å². The van der Waals surface area contributed by atoms with Crippen LogP contribution in [0.25, 0.3) is 0 Å². The van der Waals surface area contributed by atoms with Gasteiger partial charge in [-0.3, -0.25) is 14.9 Å². The molecule has 0 atom stereocenters. The maximum atomic E-state index is 12.2. The molecule has 2 aromatic rings. The van der Waals surface area contributed by atoms with Crippen molar-refractivity contribution in [2.24, 2.45) is 5.92 Å². The highest BCUT2D eigenvalue weighted by Crippen LogP contribution is 2.31. The van der Waals surface area contributed by atoms with Gasteiger partial charge in [0.05, 0.1) is 9.82 Å². The first-order valence-electron chi connectivity index (χ1n) is 8.35. The summed E-state index contributed by atoms with van der Waals surface area (Å²) < 4.78 is 4.97. The fraction of sp³-hybridized carbons (Fsp3) is 0.471. The quantitative estimate of drug-likeness (QED) is 0.404. The van der Waals surface area contributed by atoms with Crippen LogP contribution in [0.5, 0.6) is 0 Å². The van der Waals surface area contributed by atoms with Crippen molar-refractivity contribution in [3.63, 3.8) is 0 Å². The van der Waals surface area contributed by atoms with E-state index >= 15 is 0 Å². The average Bonchev–Trinajstić information content (AvgIpc) is 2.99. The molecule has 1 heterocycles. The lowest BCUT2D eigenvalue weighted by Gasteiger charge is -2.07. The Balaban J connectivity index is 1.98. The number of carbonyl (C=O) groups is 1. The first kappa shape index (κ1) is 19.9. The predicted octanol–water partition coefficient (Wildman–Crippen LogP) is 3.40. The van der Waals surface area contributed by atoms with Gasteiger partial charge < -0.3 is 9.84 Å². The van der Waals surface area contributed by atoms with Crippen LogP contribution in [-0.2, 0) is 6.42 Å². The zero-order valence-corrected chi connectivity index (χ0v) is 15.8. The summed E-state index contributed by atoms with van der Waals surface area (Å²) in [7, 11) is 0. The minimum Gasteiger partial charge on any atom is -0.352 e. The van der Waals surface area contributed by atoms with E-state index in [0.29, 0.717) is 35.5 Å². The number of nitrogens with zero attached hydrogens (tertiary/aromatic N) is 3. The van der Waals surface area contributed by atoms with Gasteiger partial charge in [0, 0.05) is 24.6 Å². The van der Waals surface area contributed by atoms with E-state index < -0.39 is 4.92 Å². The van der Waals surface area contributed by atoms with Crippen LogP contribution in [0.15, 0.2) is 27.6 Å². The maximum absolute atomic E-state index is 12.2. The Morgan fingerprint density at radius 1 is 1.42 bits per heavy atom. The van der Waals surface area contributed by atoms with Crippen LogP contribution in [0.1, 0.15) is 42.3 Å². The minimum atomic E-state index is -0.449. The normalized spacial score (nSPS) is 10.9. The van der Waals surface area contributed by atoms with Crippen molar-refractivity contribution in [1.82, 2.24) is 15.5 Å². The zero-order chi connectivity index (χ0) is 19.1.